The van der Waals surface area contributed by atoms with Crippen LogP contribution in [0.5, 0.6) is 0 Å². The quantitative estimate of drug-likeness (QED) is 0.798. The van der Waals surface area contributed by atoms with E-state index in [1.165, 1.54) is 18.3 Å². The van der Waals surface area contributed by atoms with E-state index in [0.29, 0.717) is 6.54 Å². The molecule has 1 aromatic rings. The largest absolute Gasteiger partial charge is 0.354 e. The average Bonchev–Trinajstić information content (AvgIpc) is 2.37. The van der Waals surface area contributed by atoms with Gasteiger partial charge in [-0.05, 0) is 31.4 Å². The van der Waals surface area contributed by atoms with Crippen LogP contribution in [0.1, 0.15) is 34.6 Å². The van der Waals surface area contributed by atoms with Crippen LogP contribution in [-0.2, 0) is 4.79 Å². The minimum absolute atomic E-state index is 0.0644. The predicted molar refractivity (Wildman–Crippen MR) is 82.9 cm³/mol. The molecule has 22 heavy (non-hydrogen) atoms. The van der Waals surface area contributed by atoms with E-state index in [-0.39, 0.29) is 17.1 Å². The maximum atomic E-state index is 13.4. The number of halogens is 1. The number of rotatable bonds is 4. The molecule has 0 atom stereocenters. The molecule has 1 heterocycles. The van der Waals surface area contributed by atoms with Crippen molar-refractivity contribution in [1.82, 2.24) is 15.6 Å². The van der Waals surface area contributed by atoms with Gasteiger partial charge in [0.2, 0.25) is 5.91 Å². The molecular formula is C15H23FN4O2. The first kappa shape index (κ1) is 17.9. The third-order valence-corrected chi connectivity index (χ3v) is 2.76. The Morgan fingerprint density at radius 2 is 1.86 bits per heavy atom. The summed E-state index contributed by atoms with van der Waals surface area (Å²) in [5.41, 5.74) is -1.20. The molecule has 0 saturated carbocycles. The number of amides is 3. The zero-order valence-corrected chi connectivity index (χ0v) is 13.6. The minimum Gasteiger partial charge on any atom is -0.354 e. The summed E-state index contributed by atoms with van der Waals surface area (Å²) in [7, 11) is 0. The van der Waals surface area contributed by atoms with Crippen LogP contribution in [0.3, 0.4) is 0 Å². The van der Waals surface area contributed by atoms with E-state index in [2.05, 4.69) is 20.9 Å². The number of carbonyl (C=O) groups is 2. The molecule has 0 radical (unpaired) electrons. The highest BCUT2D eigenvalue weighted by molar-refractivity contribution is 5.95. The van der Waals surface area contributed by atoms with Crippen molar-refractivity contribution in [2.45, 2.75) is 40.2 Å². The molecular weight excluding hydrogens is 287 g/mol. The molecule has 0 aromatic carbocycles. The Hall–Kier alpha value is -2.18. The van der Waals surface area contributed by atoms with Crippen LogP contribution in [0.25, 0.3) is 0 Å². The molecule has 0 fully saturated rings. The number of nitrogens with zero attached hydrogens (tertiary/aromatic N) is 1. The van der Waals surface area contributed by atoms with Crippen molar-refractivity contribution in [2.75, 3.05) is 11.9 Å². The number of hydrogen-bond acceptors (Lipinski definition) is 3. The number of nitrogens with one attached hydrogen (secondary N) is 3. The summed E-state index contributed by atoms with van der Waals surface area (Å²) in [5, 5.41) is 7.55. The Bertz CT molecular complexity index is 553. The highest BCUT2D eigenvalue weighted by Gasteiger charge is 2.30. The number of carbonyl (C=O) groups excluding carboxylic acids is 2. The molecule has 6 nitrogen and oxygen atoms in total. The fourth-order valence-corrected chi connectivity index (χ4v) is 1.52. The van der Waals surface area contributed by atoms with Crippen molar-refractivity contribution in [3.63, 3.8) is 0 Å². The summed E-state index contributed by atoms with van der Waals surface area (Å²) in [4.78, 5) is 27.7. The number of aromatic nitrogens is 1. The fourth-order valence-electron chi connectivity index (χ4n) is 1.52. The van der Waals surface area contributed by atoms with Gasteiger partial charge in [-0.1, -0.05) is 20.8 Å². The summed E-state index contributed by atoms with van der Waals surface area (Å²) in [6, 6.07) is 1.90. The van der Waals surface area contributed by atoms with Crippen molar-refractivity contribution >= 4 is 17.8 Å². The Morgan fingerprint density at radius 1 is 1.23 bits per heavy atom. The van der Waals surface area contributed by atoms with Gasteiger partial charge in [-0.2, -0.15) is 0 Å². The Kier molecular flexibility index (Phi) is 5.46. The van der Waals surface area contributed by atoms with Crippen molar-refractivity contribution in [1.29, 1.82) is 0 Å². The second-order valence-electron chi connectivity index (χ2n) is 6.78. The summed E-state index contributed by atoms with van der Waals surface area (Å²) in [6.45, 7) is 9.59. The molecule has 0 unspecified atom stereocenters. The third-order valence-electron chi connectivity index (χ3n) is 2.76. The second kappa shape index (κ2) is 6.72. The van der Waals surface area contributed by atoms with E-state index in [1.807, 2.05) is 20.8 Å². The third kappa shape index (κ3) is 5.67. The van der Waals surface area contributed by atoms with Crippen LogP contribution >= 0.6 is 0 Å². The number of hydrogen-bond donors (Lipinski definition) is 3. The van der Waals surface area contributed by atoms with Gasteiger partial charge in [-0.3, -0.25) is 10.1 Å². The summed E-state index contributed by atoms with van der Waals surface area (Å²) >= 11 is 0. The molecule has 0 saturated heterocycles. The summed E-state index contributed by atoms with van der Waals surface area (Å²) in [6.07, 6.45) is 1.36. The number of urea groups is 1. The molecule has 0 aliphatic heterocycles. The van der Waals surface area contributed by atoms with Crippen LogP contribution in [-0.4, -0.2) is 29.0 Å². The van der Waals surface area contributed by atoms with Crippen molar-refractivity contribution in [3.05, 3.63) is 24.1 Å². The van der Waals surface area contributed by atoms with Gasteiger partial charge in [0.25, 0.3) is 0 Å². The topological polar surface area (TPSA) is 83.1 Å². The lowest BCUT2D eigenvalue weighted by atomic mass is 9.96. The standard InChI is InChI=1S/C15H23FN4O2/c1-14(2,3)9-18-12(21)15(4,5)20-13(22)19-11-10(16)7-6-8-17-11/h6-8H,9H2,1-5H3,(H,18,21)(H2,17,19,20,22). The Morgan fingerprint density at radius 3 is 2.41 bits per heavy atom. The molecule has 1 rings (SSSR count). The smallest absolute Gasteiger partial charge is 0.321 e. The van der Waals surface area contributed by atoms with Crippen molar-refractivity contribution in [2.24, 2.45) is 5.41 Å². The first-order valence-corrected chi connectivity index (χ1v) is 6.99. The SMILES string of the molecule is CC(C)(C)CNC(=O)C(C)(C)NC(=O)Nc1ncccc1F. The maximum absolute atomic E-state index is 13.4. The van der Waals surface area contributed by atoms with Crippen LogP contribution in [0.4, 0.5) is 15.0 Å². The molecule has 1 aromatic heterocycles. The van der Waals surface area contributed by atoms with Gasteiger partial charge >= 0.3 is 6.03 Å². The Balaban J connectivity index is 2.61. The number of anilines is 1. The fraction of sp³-hybridized carbons (Fsp3) is 0.533. The molecule has 3 amide bonds. The van der Waals surface area contributed by atoms with Crippen LogP contribution in [0.2, 0.25) is 0 Å². The first-order valence-electron chi connectivity index (χ1n) is 6.99. The highest BCUT2D eigenvalue weighted by atomic mass is 19.1. The van der Waals surface area contributed by atoms with E-state index in [9.17, 15) is 14.0 Å². The molecule has 122 valence electrons. The van der Waals surface area contributed by atoms with Gasteiger partial charge in [0, 0.05) is 12.7 Å². The maximum Gasteiger partial charge on any atom is 0.321 e. The van der Waals surface area contributed by atoms with E-state index in [1.54, 1.807) is 13.8 Å². The minimum atomic E-state index is -1.14. The van der Waals surface area contributed by atoms with Gasteiger partial charge < -0.3 is 10.6 Å². The highest BCUT2D eigenvalue weighted by Crippen LogP contribution is 2.12. The second-order valence-corrected chi connectivity index (χ2v) is 6.78. The number of pyridine rings is 1. The molecule has 0 aliphatic rings. The zero-order chi connectivity index (χ0) is 17.0. The lowest BCUT2D eigenvalue weighted by molar-refractivity contribution is -0.126. The molecule has 3 N–H and O–H groups in total. The Labute approximate surface area is 129 Å². The lowest BCUT2D eigenvalue weighted by Gasteiger charge is -2.27. The normalized spacial score (nSPS) is 11.7. The van der Waals surface area contributed by atoms with Gasteiger partial charge in [0.1, 0.15) is 5.54 Å². The molecule has 0 aliphatic carbocycles. The monoisotopic (exact) mass is 310 g/mol. The van der Waals surface area contributed by atoms with Crippen LogP contribution in [0, 0.1) is 11.2 Å². The zero-order valence-electron chi connectivity index (χ0n) is 13.6. The van der Waals surface area contributed by atoms with Gasteiger partial charge in [0.05, 0.1) is 0 Å². The van der Waals surface area contributed by atoms with Gasteiger partial charge in [-0.15, -0.1) is 0 Å². The summed E-state index contributed by atoms with van der Waals surface area (Å²) < 4.78 is 13.4. The summed E-state index contributed by atoms with van der Waals surface area (Å²) in [5.74, 6) is -1.15. The van der Waals surface area contributed by atoms with Gasteiger partial charge in [-0.25, -0.2) is 14.2 Å². The van der Waals surface area contributed by atoms with Crippen molar-refractivity contribution in [3.8, 4) is 0 Å². The first-order chi connectivity index (χ1) is 10.0. The lowest BCUT2D eigenvalue weighted by Crippen LogP contribution is -2.56. The molecule has 0 bridgehead atoms. The molecule has 7 heteroatoms. The van der Waals surface area contributed by atoms with Crippen LogP contribution < -0.4 is 16.0 Å². The van der Waals surface area contributed by atoms with Crippen LogP contribution in [0.15, 0.2) is 18.3 Å². The van der Waals surface area contributed by atoms with Crippen molar-refractivity contribution < 1.29 is 14.0 Å². The van der Waals surface area contributed by atoms with E-state index < -0.39 is 17.4 Å². The van der Waals surface area contributed by atoms with E-state index >= 15 is 0 Å². The predicted octanol–water partition coefficient (Wildman–Crippen LogP) is 2.28. The molecule has 0 spiro atoms. The van der Waals surface area contributed by atoms with E-state index in [4.69, 9.17) is 0 Å². The average molecular weight is 310 g/mol. The van der Waals surface area contributed by atoms with E-state index in [0.717, 1.165) is 0 Å². The van der Waals surface area contributed by atoms with Gasteiger partial charge in [0.15, 0.2) is 11.6 Å².